The fourth-order valence-electron chi connectivity index (χ4n) is 3.13. The molecule has 0 aliphatic heterocycles. The molecule has 0 atom stereocenters. The summed E-state index contributed by atoms with van der Waals surface area (Å²) in [5.41, 5.74) is 3.43. The fraction of sp³-hybridized carbons (Fsp3) is 0.318. The minimum Gasteiger partial charge on any atom is -0.496 e. The molecule has 5 nitrogen and oxygen atoms in total. The van der Waals surface area contributed by atoms with Gasteiger partial charge in [-0.2, -0.15) is 0 Å². The molecule has 1 N–H and O–H groups in total. The molecule has 5 heteroatoms. The first-order valence-corrected chi connectivity index (χ1v) is 9.13. The number of likely N-dealkylation sites (N-methyl/N-ethyl adjacent to an activating group) is 1. The number of rotatable bonds is 7. The van der Waals surface area contributed by atoms with Gasteiger partial charge >= 0.3 is 0 Å². The van der Waals surface area contributed by atoms with Crippen molar-refractivity contribution in [2.75, 3.05) is 58.6 Å². The zero-order valence-electron chi connectivity index (χ0n) is 16.8. The lowest BCUT2D eigenvalue weighted by molar-refractivity contribution is 0.419. The summed E-state index contributed by atoms with van der Waals surface area (Å²) in [6, 6.07) is 14.7. The van der Waals surface area contributed by atoms with E-state index >= 15 is 0 Å². The largest absolute Gasteiger partial charge is 0.496 e. The van der Waals surface area contributed by atoms with Crippen LogP contribution in [0, 0.1) is 0 Å². The minimum absolute atomic E-state index is 0.823. The topological polar surface area (TPSA) is 40.6 Å². The predicted octanol–water partition coefficient (Wildman–Crippen LogP) is 3.95. The smallest absolute Gasteiger partial charge is 0.137 e. The first-order chi connectivity index (χ1) is 13.0. The molecule has 0 unspecified atom stereocenters. The third-order valence-corrected chi connectivity index (χ3v) is 4.64. The highest BCUT2D eigenvalue weighted by Gasteiger charge is 2.13. The zero-order valence-corrected chi connectivity index (χ0v) is 16.8. The molecule has 2 aromatic carbocycles. The van der Waals surface area contributed by atoms with Gasteiger partial charge in [-0.05, 0) is 43.2 Å². The van der Waals surface area contributed by atoms with E-state index in [1.807, 2.05) is 32.4 Å². The summed E-state index contributed by atoms with van der Waals surface area (Å²) < 4.78 is 5.64. The summed E-state index contributed by atoms with van der Waals surface area (Å²) in [6.07, 6.45) is 1.95. The molecule has 0 fully saturated rings. The van der Waals surface area contributed by atoms with E-state index in [9.17, 15) is 0 Å². The summed E-state index contributed by atoms with van der Waals surface area (Å²) in [5.74, 6) is 1.69. The van der Waals surface area contributed by atoms with Crippen molar-refractivity contribution in [1.29, 1.82) is 0 Å². The fourth-order valence-corrected chi connectivity index (χ4v) is 3.13. The molecule has 3 aromatic rings. The summed E-state index contributed by atoms with van der Waals surface area (Å²) in [7, 11) is 9.93. The van der Waals surface area contributed by atoms with Gasteiger partial charge in [-0.25, -0.2) is 4.98 Å². The van der Waals surface area contributed by atoms with E-state index in [0.29, 0.717) is 0 Å². The monoisotopic (exact) mass is 364 g/mol. The van der Waals surface area contributed by atoms with E-state index in [4.69, 9.17) is 9.72 Å². The molecule has 1 aromatic heterocycles. The van der Waals surface area contributed by atoms with E-state index < -0.39 is 0 Å². The van der Waals surface area contributed by atoms with Gasteiger partial charge < -0.3 is 19.9 Å². The summed E-state index contributed by atoms with van der Waals surface area (Å²) in [4.78, 5) is 8.97. The lowest BCUT2D eigenvalue weighted by atomic mass is 9.99. The quantitative estimate of drug-likeness (QED) is 0.687. The maximum absolute atomic E-state index is 5.64. The van der Waals surface area contributed by atoms with Crippen molar-refractivity contribution in [2.24, 2.45) is 0 Å². The van der Waals surface area contributed by atoms with Crippen LogP contribution in [0.15, 0.2) is 48.7 Å². The van der Waals surface area contributed by atoms with Crippen LogP contribution in [0.1, 0.15) is 0 Å². The van der Waals surface area contributed by atoms with E-state index in [2.05, 4.69) is 59.5 Å². The summed E-state index contributed by atoms with van der Waals surface area (Å²) in [5, 5.41) is 5.61. The average molecular weight is 364 g/mol. The predicted molar refractivity (Wildman–Crippen MR) is 115 cm³/mol. The Hall–Kier alpha value is -2.79. The lowest BCUT2D eigenvalue weighted by Gasteiger charge is -2.17. The van der Waals surface area contributed by atoms with Crippen LogP contribution in [0.25, 0.3) is 21.9 Å². The molecule has 0 amide bonds. The van der Waals surface area contributed by atoms with Crippen molar-refractivity contribution in [3.8, 4) is 16.9 Å². The van der Waals surface area contributed by atoms with Crippen LogP contribution in [0.2, 0.25) is 0 Å². The van der Waals surface area contributed by atoms with Gasteiger partial charge in [0.25, 0.3) is 0 Å². The van der Waals surface area contributed by atoms with Gasteiger partial charge in [-0.15, -0.1) is 0 Å². The highest BCUT2D eigenvalue weighted by Crippen LogP contribution is 2.37. The Labute approximate surface area is 161 Å². The first kappa shape index (κ1) is 19.0. The molecule has 1 heterocycles. The second-order valence-corrected chi connectivity index (χ2v) is 7.07. The Morgan fingerprint density at radius 1 is 1.00 bits per heavy atom. The summed E-state index contributed by atoms with van der Waals surface area (Å²) >= 11 is 0. The average Bonchev–Trinajstić information content (AvgIpc) is 2.67. The number of anilines is 2. The van der Waals surface area contributed by atoms with E-state index in [0.717, 1.165) is 46.6 Å². The number of benzene rings is 2. The van der Waals surface area contributed by atoms with Crippen LogP contribution in [0.4, 0.5) is 11.5 Å². The van der Waals surface area contributed by atoms with Crippen molar-refractivity contribution in [1.82, 2.24) is 9.88 Å². The number of ether oxygens (including phenoxy) is 1. The molecule has 3 rings (SSSR count). The molecular formula is C22H28N4O. The van der Waals surface area contributed by atoms with Crippen molar-refractivity contribution in [3.63, 3.8) is 0 Å². The third-order valence-electron chi connectivity index (χ3n) is 4.64. The standard InChI is InChI=1S/C22H28N4O/c1-25(2)14-13-23-22-21-18(7-6-8-20(21)27-5)19(15-24-22)16-9-11-17(12-10-16)26(3)4/h6-12,15H,13-14H2,1-5H3,(H,23,24). The molecule has 0 spiro atoms. The zero-order chi connectivity index (χ0) is 19.4. The number of fused-ring (bicyclic) bond motifs is 1. The van der Waals surface area contributed by atoms with Gasteiger partial charge in [0, 0.05) is 44.6 Å². The summed E-state index contributed by atoms with van der Waals surface area (Å²) in [6.45, 7) is 1.76. The number of hydrogen-bond acceptors (Lipinski definition) is 5. The molecule has 0 aliphatic carbocycles. The van der Waals surface area contributed by atoms with Gasteiger partial charge in [0.15, 0.2) is 0 Å². The SMILES string of the molecule is COc1cccc2c(-c3ccc(N(C)C)cc3)cnc(NCCN(C)C)c12. The molecule has 0 bridgehead atoms. The third kappa shape index (κ3) is 4.14. The van der Waals surface area contributed by atoms with E-state index in [1.54, 1.807) is 7.11 Å². The second kappa shape index (κ2) is 8.27. The van der Waals surface area contributed by atoms with Gasteiger partial charge in [-0.3, -0.25) is 0 Å². The maximum Gasteiger partial charge on any atom is 0.137 e. The molecule has 27 heavy (non-hydrogen) atoms. The Bertz CT molecular complexity index is 904. The van der Waals surface area contributed by atoms with Crippen molar-refractivity contribution in [3.05, 3.63) is 48.7 Å². The Morgan fingerprint density at radius 2 is 1.74 bits per heavy atom. The Balaban J connectivity index is 2.07. The van der Waals surface area contributed by atoms with Crippen LogP contribution in [-0.4, -0.2) is 58.3 Å². The number of pyridine rings is 1. The number of nitrogens with one attached hydrogen (secondary N) is 1. The van der Waals surface area contributed by atoms with Crippen LogP contribution in [0.3, 0.4) is 0 Å². The molecule has 0 saturated carbocycles. The van der Waals surface area contributed by atoms with Gasteiger partial charge in [-0.1, -0.05) is 24.3 Å². The normalized spacial score (nSPS) is 11.0. The lowest BCUT2D eigenvalue weighted by Crippen LogP contribution is -2.21. The van der Waals surface area contributed by atoms with Gasteiger partial charge in [0.2, 0.25) is 0 Å². The maximum atomic E-state index is 5.64. The van der Waals surface area contributed by atoms with Gasteiger partial charge in [0.1, 0.15) is 11.6 Å². The number of aromatic nitrogens is 1. The minimum atomic E-state index is 0.823. The van der Waals surface area contributed by atoms with Crippen molar-refractivity contribution < 1.29 is 4.74 Å². The molecule has 142 valence electrons. The molecule has 0 radical (unpaired) electrons. The second-order valence-electron chi connectivity index (χ2n) is 7.07. The van der Waals surface area contributed by atoms with Crippen LogP contribution >= 0.6 is 0 Å². The van der Waals surface area contributed by atoms with Crippen LogP contribution in [-0.2, 0) is 0 Å². The molecule has 0 aliphatic rings. The molecule has 0 saturated heterocycles. The van der Waals surface area contributed by atoms with Crippen LogP contribution < -0.4 is 15.0 Å². The molecular weight excluding hydrogens is 336 g/mol. The van der Waals surface area contributed by atoms with Gasteiger partial charge in [0.05, 0.1) is 12.5 Å². The van der Waals surface area contributed by atoms with E-state index in [1.165, 1.54) is 5.69 Å². The van der Waals surface area contributed by atoms with E-state index in [-0.39, 0.29) is 0 Å². The highest BCUT2D eigenvalue weighted by molar-refractivity contribution is 6.05. The number of methoxy groups -OCH3 is 1. The Kier molecular flexibility index (Phi) is 5.81. The first-order valence-electron chi connectivity index (χ1n) is 9.13. The highest BCUT2D eigenvalue weighted by atomic mass is 16.5. The number of nitrogens with zero attached hydrogens (tertiary/aromatic N) is 3. The van der Waals surface area contributed by atoms with Crippen molar-refractivity contribution in [2.45, 2.75) is 0 Å². The van der Waals surface area contributed by atoms with Crippen LogP contribution in [0.5, 0.6) is 5.75 Å². The Morgan fingerprint density at radius 3 is 2.37 bits per heavy atom. The van der Waals surface area contributed by atoms with Crippen molar-refractivity contribution >= 4 is 22.3 Å². The number of hydrogen-bond donors (Lipinski definition) is 1.